The maximum atomic E-state index is 5.64. The highest BCUT2D eigenvalue weighted by molar-refractivity contribution is 5.39. The van der Waals surface area contributed by atoms with E-state index in [4.69, 9.17) is 14.2 Å². The van der Waals surface area contributed by atoms with Crippen molar-refractivity contribution in [3.63, 3.8) is 0 Å². The summed E-state index contributed by atoms with van der Waals surface area (Å²) in [6, 6.07) is 7.66. The van der Waals surface area contributed by atoms with Crippen LogP contribution in [0.2, 0.25) is 0 Å². The Hall–Kier alpha value is -1.52. The van der Waals surface area contributed by atoms with Gasteiger partial charge in [0, 0.05) is 26.8 Å². The molecule has 4 nitrogen and oxygen atoms in total. The summed E-state index contributed by atoms with van der Waals surface area (Å²) in [5.74, 6) is 1.55. The average molecular weight is 265 g/mol. The minimum absolute atomic E-state index is 0.617. The molecular formula is C15H23NO3. The Bertz CT molecular complexity index is 366. The summed E-state index contributed by atoms with van der Waals surface area (Å²) in [6.45, 7) is 3.03. The normalized spacial score (nSPS) is 10.8. The Balaban J connectivity index is 2.09. The third-order valence-corrected chi connectivity index (χ3v) is 2.52. The Morgan fingerprint density at radius 1 is 1.05 bits per heavy atom. The van der Waals surface area contributed by atoms with E-state index in [1.807, 2.05) is 24.3 Å². The SMILES string of the molecule is COCC/C=C/CNCCOc1ccccc1OC. The Morgan fingerprint density at radius 2 is 1.84 bits per heavy atom. The highest BCUT2D eigenvalue weighted by Gasteiger charge is 2.00. The third kappa shape index (κ3) is 6.84. The minimum Gasteiger partial charge on any atom is -0.493 e. The molecule has 19 heavy (non-hydrogen) atoms. The molecule has 0 aromatic heterocycles. The number of methoxy groups -OCH3 is 2. The molecule has 0 amide bonds. The van der Waals surface area contributed by atoms with E-state index in [9.17, 15) is 0 Å². The predicted molar refractivity (Wildman–Crippen MR) is 77.0 cm³/mol. The molecule has 0 radical (unpaired) electrons. The lowest BCUT2D eigenvalue weighted by Crippen LogP contribution is -2.21. The van der Waals surface area contributed by atoms with Gasteiger partial charge < -0.3 is 19.5 Å². The second kappa shape index (κ2) is 10.4. The van der Waals surface area contributed by atoms with Crippen LogP contribution in [0, 0.1) is 0 Å². The van der Waals surface area contributed by atoms with Gasteiger partial charge in [-0.25, -0.2) is 0 Å². The summed E-state index contributed by atoms with van der Waals surface area (Å²) in [5, 5.41) is 3.28. The van der Waals surface area contributed by atoms with Gasteiger partial charge in [-0.3, -0.25) is 0 Å². The fourth-order valence-corrected chi connectivity index (χ4v) is 1.54. The largest absolute Gasteiger partial charge is 0.493 e. The van der Waals surface area contributed by atoms with Crippen molar-refractivity contribution >= 4 is 0 Å². The summed E-state index contributed by atoms with van der Waals surface area (Å²) in [7, 11) is 3.35. The van der Waals surface area contributed by atoms with Gasteiger partial charge in [-0.15, -0.1) is 0 Å². The van der Waals surface area contributed by atoms with Gasteiger partial charge in [0.15, 0.2) is 11.5 Å². The van der Waals surface area contributed by atoms with Crippen LogP contribution in [-0.2, 0) is 4.74 Å². The summed E-state index contributed by atoms with van der Waals surface area (Å²) in [4.78, 5) is 0. The van der Waals surface area contributed by atoms with Crippen LogP contribution in [0.3, 0.4) is 0 Å². The van der Waals surface area contributed by atoms with E-state index in [1.165, 1.54) is 0 Å². The fraction of sp³-hybridized carbons (Fsp3) is 0.467. The van der Waals surface area contributed by atoms with E-state index in [0.717, 1.165) is 37.6 Å². The Kier molecular flexibility index (Phi) is 8.51. The van der Waals surface area contributed by atoms with Gasteiger partial charge in [0.25, 0.3) is 0 Å². The van der Waals surface area contributed by atoms with Crippen molar-refractivity contribution in [3.8, 4) is 11.5 Å². The lowest BCUT2D eigenvalue weighted by Gasteiger charge is -2.10. The van der Waals surface area contributed by atoms with Crippen LogP contribution < -0.4 is 14.8 Å². The van der Waals surface area contributed by atoms with E-state index in [0.29, 0.717) is 6.61 Å². The lowest BCUT2D eigenvalue weighted by molar-refractivity contribution is 0.204. The van der Waals surface area contributed by atoms with Gasteiger partial charge >= 0.3 is 0 Å². The molecule has 0 aliphatic heterocycles. The van der Waals surface area contributed by atoms with E-state index in [1.54, 1.807) is 14.2 Å². The Morgan fingerprint density at radius 3 is 2.58 bits per heavy atom. The molecule has 0 saturated heterocycles. The zero-order valence-electron chi connectivity index (χ0n) is 11.7. The molecule has 0 heterocycles. The summed E-state index contributed by atoms with van der Waals surface area (Å²) >= 11 is 0. The summed E-state index contributed by atoms with van der Waals surface area (Å²) < 4.78 is 15.8. The maximum Gasteiger partial charge on any atom is 0.161 e. The van der Waals surface area contributed by atoms with E-state index >= 15 is 0 Å². The van der Waals surface area contributed by atoms with Gasteiger partial charge in [-0.05, 0) is 18.6 Å². The van der Waals surface area contributed by atoms with E-state index in [-0.39, 0.29) is 0 Å². The van der Waals surface area contributed by atoms with E-state index in [2.05, 4.69) is 17.5 Å². The highest BCUT2D eigenvalue weighted by atomic mass is 16.5. The first-order valence-electron chi connectivity index (χ1n) is 6.49. The third-order valence-electron chi connectivity index (χ3n) is 2.52. The highest BCUT2D eigenvalue weighted by Crippen LogP contribution is 2.25. The second-order valence-electron chi connectivity index (χ2n) is 3.96. The minimum atomic E-state index is 0.617. The van der Waals surface area contributed by atoms with Crippen molar-refractivity contribution in [2.24, 2.45) is 0 Å². The molecule has 1 rings (SSSR count). The van der Waals surface area contributed by atoms with Crippen molar-refractivity contribution in [2.45, 2.75) is 6.42 Å². The molecule has 0 aliphatic rings. The molecule has 0 fully saturated rings. The van der Waals surface area contributed by atoms with Crippen LogP contribution in [0.1, 0.15) is 6.42 Å². The molecule has 1 N–H and O–H groups in total. The fourth-order valence-electron chi connectivity index (χ4n) is 1.54. The summed E-state index contributed by atoms with van der Waals surface area (Å²) in [6.07, 6.45) is 5.16. The van der Waals surface area contributed by atoms with Crippen LogP contribution >= 0.6 is 0 Å². The van der Waals surface area contributed by atoms with Gasteiger partial charge in [-0.2, -0.15) is 0 Å². The first kappa shape index (κ1) is 15.5. The molecule has 0 aliphatic carbocycles. The number of rotatable bonds is 10. The quantitative estimate of drug-likeness (QED) is 0.520. The van der Waals surface area contributed by atoms with Crippen LogP contribution in [0.4, 0.5) is 0 Å². The number of benzene rings is 1. The summed E-state index contributed by atoms with van der Waals surface area (Å²) in [5.41, 5.74) is 0. The monoisotopic (exact) mass is 265 g/mol. The number of hydrogen-bond acceptors (Lipinski definition) is 4. The van der Waals surface area contributed by atoms with Crippen molar-refractivity contribution in [2.75, 3.05) is 40.5 Å². The molecule has 4 heteroatoms. The number of ether oxygens (including phenoxy) is 3. The molecule has 1 aromatic rings. The molecule has 0 spiro atoms. The van der Waals surface area contributed by atoms with E-state index < -0.39 is 0 Å². The lowest BCUT2D eigenvalue weighted by atomic mass is 10.3. The molecule has 0 saturated carbocycles. The molecule has 1 aromatic carbocycles. The first-order valence-corrected chi connectivity index (χ1v) is 6.49. The van der Waals surface area contributed by atoms with Crippen molar-refractivity contribution in [3.05, 3.63) is 36.4 Å². The van der Waals surface area contributed by atoms with Crippen molar-refractivity contribution in [1.29, 1.82) is 0 Å². The molecular weight excluding hydrogens is 242 g/mol. The second-order valence-corrected chi connectivity index (χ2v) is 3.96. The van der Waals surface area contributed by atoms with Crippen molar-refractivity contribution in [1.82, 2.24) is 5.32 Å². The molecule has 0 unspecified atom stereocenters. The van der Waals surface area contributed by atoms with Gasteiger partial charge in [0.2, 0.25) is 0 Å². The molecule has 0 atom stereocenters. The molecule has 106 valence electrons. The van der Waals surface area contributed by atoms with Gasteiger partial charge in [-0.1, -0.05) is 24.3 Å². The van der Waals surface area contributed by atoms with Crippen molar-refractivity contribution < 1.29 is 14.2 Å². The average Bonchev–Trinajstić information content (AvgIpc) is 2.46. The smallest absolute Gasteiger partial charge is 0.161 e. The predicted octanol–water partition coefficient (Wildman–Crippen LogP) is 2.26. The van der Waals surface area contributed by atoms with Crippen LogP contribution in [-0.4, -0.2) is 40.5 Å². The zero-order chi connectivity index (χ0) is 13.8. The van der Waals surface area contributed by atoms with Crippen LogP contribution in [0.5, 0.6) is 11.5 Å². The maximum absolute atomic E-state index is 5.64. The molecule has 0 bridgehead atoms. The first-order chi connectivity index (χ1) is 9.38. The van der Waals surface area contributed by atoms with Crippen LogP contribution in [0.15, 0.2) is 36.4 Å². The topological polar surface area (TPSA) is 39.7 Å². The van der Waals surface area contributed by atoms with Gasteiger partial charge in [0.05, 0.1) is 7.11 Å². The van der Waals surface area contributed by atoms with Crippen LogP contribution in [0.25, 0.3) is 0 Å². The number of nitrogens with one attached hydrogen (secondary N) is 1. The van der Waals surface area contributed by atoms with Gasteiger partial charge in [0.1, 0.15) is 6.61 Å². The zero-order valence-corrected chi connectivity index (χ0v) is 11.7. The number of hydrogen-bond donors (Lipinski definition) is 1. The number of para-hydroxylation sites is 2. The Labute approximate surface area is 115 Å². The standard InChI is InChI=1S/C15H23NO3/c1-17-12-7-3-6-10-16-11-13-19-15-9-5-4-8-14(15)18-2/h3-6,8-9,16H,7,10-13H2,1-2H3/b6-3+.